The number of aromatic nitrogens is 3. The summed E-state index contributed by atoms with van der Waals surface area (Å²) in [5.41, 5.74) is 3.02. The van der Waals surface area contributed by atoms with Gasteiger partial charge in [-0.05, 0) is 17.7 Å². The molecule has 110 valence electrons. The van der Waals surface area contributed by atoms with Crippen molar-refractivity contribution in [3.8, 4) is 6.07 Å². The summed E-state index contributed by atoms with van der Waals surface area (Å²) < 4.78 is 3.06. The van der Waals surface area contributed by atoms with E-state index in [-0.39, 0.29) is 5.69 Å². The van der Waals surface area contributed by atoms with E-state index in [4.69, 9.17) is 0 Å². The SMILES string of the molecule is N#Cc1cn(Cc2ccccc2)c(=O)n2c1nc1ccccc12. The zero-order valence-corrected chi connectivity index (χ0v) is 12.2. The molecule has 0 saturated carbocycles. The lowest BCUT2D eigenvalue weighted by molar-refractivity contribution is 0.717. The van der Waals surface area contributed by atoms with E-state index >= 15 is 0 Å². The molecule has 0 fully saturated rings. The van der Waals surface area contributed by atoms with Gasteiger partial charge >= 0.3 is 5.69 Å². The van der Waals surface area contributed by atoms with Gasteiger partial charge in [0.2, 0.25) is 0 Å². The summed E-state index contributed by atoms with van der Waals surface area (Å²) >= 11 is 0. The monoisotopic (exact) mass is 300 g/mol. The Morgan fingerprint density at radius 2 is 1.78 bits per heavy atom. The number of hydrogen-bond acceptors (Lipinski definition) is 3. The van der Waals surface area contributed by atoms with E-state index in [9.17, 15) is 10.1 Å². The minimum absolute atomic E-state index is 0.198. The third kappa shape index (κ3) is 2.09. The summed E-state index contributed by atoms with van der Waals surface area (Å²) in [6.45, 7) is 0.413. The molecule has 5 heteroatoms. The first-order chi connectivity index (χ1) is 11.3. The summed E-state index contributed by atoms with van der Waals surface area (Å²) in [6, 6.07) is 19.2. The highest BCUT2D eigenvalue weighted by molar-refractivity contribution is 5.81. The third-order valence-electron chi connectivity index (χ3n) is 3.84. The molecular weight excluding hydrogens is 288 g/mol. The molecule has 4 aromatic rings. The van der Waals surface area contributed by atoms with Gasteiger partial charge in [-0.1, -0.05) is 42.5 Å². The predicted octanol–water partition coefficient (Wildman–Crippen LogP) is 2.57. The van der Waals surface area contributed by atoms with Crippen LogP contribution in [0.25, 0.3) is 16.7 Å². The van der Waals surface area contributed by atoms with Gasteiger partial charge in [0.1, 0.15) is 11.6 Å². The Balaban J connectivity index is 2.03. The maximum absolute atomic E-state index is 12.9. The van der Waals surface area contributed by atoms with Gasteiger partial charge in [0.15, 0.2) is 5.65 Å². The Labute approximate surface area is 131 Å². The number of benzene rings is 2. The van der Waals surface area contributed by atoms with E-state index in [1.807, 2.05) is 54.6 Å². The average Bonchev–Trinajstić information content (AvgIpc) is 2.98. The summed E-state index contributed by atoms with van der Waals surface area (Å²) in [5, 5.41) is 9.42. The number of imidazole rings is 1. The highest BCUT2D eigenvalue weighted by Gasteiger charge is 2.14. The van der Waals surface area contributed by atoms with Crippen molar-refractivity contribution in [3.05, 3.63) is 82.4 Å². The van der Waals surface area contributed by atoms with Gasteiger partial charge in [-0.15, -0.1) is 0 Å². The van der Waals surface area contributed by atoms with Crippen LogP contribution in [0.4, 0.5) is 0 Å². The van der Waals surface area contributed by atoms with Gasteiger partial charge in [-0.2, -0.15) is 5.26 Å². The molecule has 2 aromatic carbocycles. The van der Waals surface area contributed by atoms with E-state index in [2.05, 4.69) is 11.1 Å². The standard InChI is InChI=1S/C18H12N4O/c19-10-14-12-21(11-13-6-2-1-3-7-13)18(23)22-16-9-5-4-8-15(16)20-17(14)22/h1-9,12H,11H2. The molecule has 2 aromatic heterocycles. The van der Waals surface area contributed by atoms with Gasteiger partial charge in [0.25, 0.3) is 0 Å². The van der Waals surface area contributed by atoms with Gasteiger partial charge < -0.3 is 0 Å². The quantitative estimate of drug-likeness (QED) is 0.571. The van der Waals surface area contributed by atoms with Crippen LogP contribution in [0.5, 0.6) is 0 Å². The van der Waals surface area contributed by atoms with Crippen molar-refractivity contribution < 1.29 is 0 Å². The normalized spacial score (nSPS) is 10.9. The van der Waals surface area contributed by atoms with Crippen molar-refractivity contribution in [3.63, 3.8) is 0 Å². The topological polar surface area (TPSA) is 63.1 Å². The van der Waals surface area contributed by atoms with Crippen LogP contribution in [-0.4, -0.2) is 14.0 Å². The minimum Gasteiger partial charge on any atom is -0.294 e. The van der Waals surface area contributed by atoms with Crippen LogP contribution in [-0.2, 0) is 6.54 Å². The summed E-state index contributed by atoms with van der Waals surface area (Å²) in [5.74, 6) is 0. The highest BCUT2D eigenvalue weighted by Crippen LogP contribution is 2.17. The fourth-order valence-corrected chi connectivity index (χ4v) is 2.77. The lowest BCUT2D eigenvalue weighted by Gasteiger charge is -2.08. The van der Waals surface area contributed by atoms with Crippen molar-refractivity contribution >= 4 is 16.7 Å². The molecule has 0 N–H and O–H groups in total. The molecular formula is C18H12N4O. The maximum atomic E-state index is 12.9. The Bertz CT molecular complexity index is 1120. The smallest absolute Gasteiger partial charge is 0.294 e. The largest absolute Gasteiger partial charge is 0.334 e. The Hall–Kier alpha value is -3.39. The first-order valence-corrected chi connectivity index (χ1v) is 7.22. The molecule has 0 unspecified atom stereocenters. The third-order valence-corrected chi connectivity index (χ3v) is 3.84. The average molecular weight is 300 g/mol. The van der Waals surface area contributed by atoms with Gasteiger partial charge in [-0.3, -0.25) is 4.57 Å². The van der Waals surface area contributed by atoms with Crippen molar-refractivity contribution in [2.24, 2.45) is 0 Å². The van der Waals surface area contributed by atoms with Crippen molar-refractivity contribution in [1.29, 1.82) is 5.26 Å². The summed E-state index contributed by atoms with van der Waals surface area (Å²) in [7, 11) is 0. The molecule has 0 saturated heterocycles. The molecule has 23 heavy (non-hydrogen) atoms. The van der Waals surface area contributed by atoms with E-state index in [1.54, 1.807) is 10.8 Å². The van der Waals surface area contributed by atoms with Crippen molar-refractivity contribution in [1.82, 2.24) is 14.0 Å². The van der Waals surface area contributed by atoms with Crippen LogP contribution in [0.15, 0.2) is 65.6 Å². The summed E-state index contributed by atoms with van der Waals surface area (Å²) in [4.78, 5) is 17.3. The highest BCUT2D eigenvalue weighted by atomic mass is 16.1. The van der Waals surface area contributed by atoms with Crippen molar-refractivity contribution in [2.75, 3.05) is 0 Å². The van der Waals surface area contributed by atoms with E-state index < -0.39 is 0 Å². The second kappa shape index (κ2) is 5.11. The molecule has 0 spiro atoms. The second-order valence-corrected chi connectivity index (χ2v) is 5.31. The van der Waals surface area contributed by atoms with Crippen LogP contribution < -0.4 is 5.69 Å². The first-order valence-electron chi connectivity index (χ1n) is 7.22. The van der Waals surface area contributed by atoms with E-state index in [0.717, 1.165) is 5.56 Å². The Kier molecular flexibility index (Phi) is 2.95. The molecule has 2 heterocycles. The molecule has 0 aliphatic rings. The lowest BCUT2D eigenvalue weighted by Crippen LogP contribution is -2.27. The van der Waals surface area contributed by atoms with E-state index in [0.29, 0.717) is 28.8 Å². The predicted molar refractivity (Wildman–Crippen MR) is 87.2 cm³/mol. The fourth-order valence-electron chi connectivity index (χ4n) is 2.77. The second-order valence-electron chi connectivity index (χ2n) is 5.31. The van der Waals surface area contributed by atoms with E-state index in [1.165, 1.54) is 4.40 Å². The number of para-hydroxylation sites is 2. The number of hydrogen-bond donors (Lipinski definition) is 0. The maximum Gasteiger partial charge on any atom is 0.334 e. The lowest BCUT2D eigenvalue weighted by atomic mass is 10.2. The van der Waals surface area contributed by atoms with Gasteiger partial charge in [0, 0.05) is 6.20 Å². The molecule has 4 rings (SSSR count). The zero-order chi connectivity index (χ0) is 15.8. The zero-order valence-electron chi connectivity index (χ0n) is 12.2. The Morgan fingerprint density at radius 1 is 1.04 bits per heavy atom. The van der Waals surface area contributed by atoms with Crippen LogP contribution in [0.1, 0.15) is 11.1 Å². The first kappa shape index (κ1) is 13.3. The molecule has 5 nitrogen and oxygen atoms in total. The molecule has 0 atom stereocenters. The van der Waals surface area contributed by atoms with Gasteiger partial charge in [0.05, 0.1) is 17.6 Å². The molecule has 0 bridgehead atoms. The minimum atomic E-state index is -0.198. The van der Waals surface area contributed by atoms with Crippen LogP contribution >= 0.6 is 0 Å². The molecule has 0 amide bonds. The van der Waals surface area contributed by atoms with Crippen LogP contribution in [0.2, 0.25) is 0 Å². The summed E-state index contributed by atoms with van der Waals surface area (Å²) in [6.07, 6.45) is 1.58. The fraction of sp³-hybridized carbons (Fsp3) is 0.0556. The molecule has 0 aliphatic heterocycles. The molecule has 0 aliphatic carbocycles. The Morgan fingerprint density at radius 3 is 2.57 bits per heavy atom. The number of rotatable bonds is 2. The molecule has 0 radical (unpaired) electrons. The van der Waals surface area contributed by atoms with Crippen LogP contribution in [0, 0.1) is 11.3 Å². The number of nitriles is 1. The van der Waals surface area contributed by atoms with Crippen LogP contribution in [0.3, 0.4) is 0 Å². The number of nitrogens with zero attached hydrogens (tertiary/aromatic N) is 4. The van der Waals surface area contributed by atoms with Crippen molar-refractivity contribution in [2.45, 2.75) is 6.54 Å². The van der Waals surface area contributed by atoms with Gasteiger partial charge in [-0.25, -0.2) is 14.2 Å². The number of fused-ring (bicyclic) bond motifs is 3.